The van der Waals surface area contributed by atoms with Crippen molar-refractivity contribution in [2.75, 3.05) is 7.11 Å². The fourth-order valence-electron chi connectivity index (χ4n) is 3.16. The van der Waals surface area contributed by atoms with E-state index in [9.17, 15) is 0 Å². The van der Waals surface area contributed by atoms with Gasteiger partial charge in [-0.1, -0.05) is 78.9 Å². The van der Waals surface area contributed by atoms with E-state index in [0.717, 1.165) is 33.7 Å². The van der Waals surface area contributed by atoms with E-state index >= 15 is 0 Å². The molecule has 0 saturated carbocycles. The zero-order valence-electron chi connectivity index (χ0n) is 14.6. The lowest BCUT2D eigenvalue weighted by molar-refractivity contribution is 0.414. The number of ether oxygens (including phenoxy) is 1. The molecule has 2 nitrogen and oxygen atoms in total. The summed E-state index contributed by atoms with van der Waals surface area (Å²) in [6, 6.07) is 32.7. The quantitative estimate of drug-likeness (QED) is 0.417. The number of hydrogen-bond donors (Lipinski definition) is 0. The third-order valence-electron chi connectivity index (χ3n) is 4.39. The van der Waals surface area contributed by atoms with Gasteiger partial charge in [-0.05, 0) is 29.0 Å². The van der Waals surface area contributed by atoms with Gasteiger partial charge in [-0.25, -0.2) is 4.99 Å². The Bertz CT molecular complexity index is 1050. The largest absolute Gasteiger partial charge is 0.496 e. The first kappa shape index (κ1) is 16.1. The Kier molecular flexibility index (Phi) is 4.48. The van der Waals surface area contributed by atoms with E-state index in [-0.39, 0.29) is 0 Å². The summed E-state index contributed by atoms with van der Waals surface area (Å²) in [4.78, 5) is 4.99. The number of nitrogens with zero attached hydrogens (tertiary/aromatic N) is 1. The molecule has 4 aromatic carbocycles. The summed E-state index contributed by atoms with van der Waals surface area (Å²) in [7, 11) is 1.71. The minimum absolute atomic E-state index is 0.822. The highest BCUT2D eigenvalue weighted by molar-refractivity contribution is 6.21. The molecule has 4 rings (SSSR count). The minimum atomic E-state index is 0.822. The van der Waals surface area contributed by atoms with Crippen LogP contribution in [0.3, 0.4) is 0 Å². The van der Waals surface area contributed by atoms with Crippen molar-refractivity contribution in [3.8, 4) is 5.75 Å². The van der Waals surface area contributed by atoms with Crippen molar-refractivity contribution >= 4 is 22.2 Å². The molecule has 0 bridgehead atoms. The summed E-state index contributed by atoms with van der Waals surface area (Å²) in [5.41, 5.74) is 3.90. The average molecular weight is 337 g/mol. The van der Waals surface area contributed by atoms with Crippen molar-refractivity contribution in [3.63, 3.8) is 0 Å². The molecule has 0 unspecified atom stereocenters. The number of aliphatic imine (C=N–C) groups is 1. The molecule has 0 aliphatic carbocycles. The summed E-state index contributed by atoms with van der Waals surface area (Å²) < 4.78 is 5.71. The van der Waals surface area contributed by atoms with Crippen molar-refractivity contribution in [2.24, 2.45) is 4.99 Å². The molecule has 0 aliphatic rings. The van der Waals surface area contributed by atoms with Crippen LogP contribution in [0.15, 0.2) is 102 Å². The van der Waals surface area contributed by atoms with Gasteiger partial charge >= 0.3 is 0 Å². The SMILES string of the molecule is COc1ccc2ccccc2c1C(=Nc1ccccc1)c1ccccc1. The molecule has 0 aromatic heterocycles. The number of fused-ring (bicyclic) bond motifs is 1. The first-order chi connectivity index (χ1) is 12.9. The average Bonchev–Trinajstić information content (AvgIpc) is 2.73. The maximum atomic E-state index is 5.71. The van der Waals surface area contributed by atoms with Crippen LogP contribution in [0.5, 0.6) is 5.75 Å². The van der Waals surface area contributed by atoms with Gasteiger partial charge < -0.3 is 4.74 Å². The lowest BCUT2D eigenvalue weighted by Crippen LogP contribution is -2.06. The van der Waals surface area contributed by atoms with Crippen molar-refractivity contribution < 1.29 is 4.74 Å². The smallest absolute Gasteiger partial charge is 0.128 e. The molecule has 0 N–H and O–H groups in total. The number of rotatable bonds is 4. The molecule has 0 fully saturated rings. The van der Waals surface area contributed by atoms with Gasteiger partial charge in [-0.15, -0.1) is 0 Å². The summed E-state index contributed by atoms with van der Waals surface area (Å²) >= 11 is 0. The van der Waals surface area contributed by atoms with Crippen LogP contribution in [0.25, 0.3) is 10.8 Å². The van der Waals surface area contributed by atoms with Crippen molar-refractivity contribution in [1.82, 2.24) is 0 Å². The van der Waals surface area contributed by atoms with Crippen LogP contribution < -0.4 is 4.74 Å². The lowest BCUT2D eigenvalue weighted by Gasteiger charge is -2.15. The standard InChI is InChI=1S/C24H19NO/c1-26-22-17-16-18-10-8-9-15-21(18)23(22)24(19-11-4-2-5-12-19)25-20-13-6-3-7-14-20/h2-17H,1H3. The van der Waals surface area contributed by atoms with E-state index in [4.69, 9.17) is 9.73 Å². The van der Waals surface area contributed by atoms with Crippen LogP contribution in [-0.4, -0.2) is 12.8 Å². The highest BCUT2D eigenvalue weighted by Crippen LogP contribution is 2.32. The number of benzene rings is 4. The summed E-state index contributed by atoms with van der Waals surface area (Å²) in [6.07, 6.45) is 0. The molecule has 0 amide bonds. The molecular formula is C24H19NO. The molecule has 4 aromatic rings. The topological polar surface area (TPSA) is 21.6 Å². The number of para-hydroxylation sites is 1. The molecule has 0 heterocycles. The molecule has 0 atom stereocenters. The van der Waals surface area contributed by atoms with Crippen LogP contribution >= 0.6 is 0 Å². The molecular weight excluding hydrogens is 318 g/mol. The molecule has 2 heteroatoms. The van der Waals surface area contributed by atoms with Crippen LogP contribution in [0, 0.1) is 0 Å². The van der Waals surface area contributed by atoms with E-state index < -0.39 is 0 Å². The van der Waals surface area contributed by atoms with E-state index in [1.807, 2.05) is 54.6 Å². The normalized spacial score (nSPS) is 11.5. The second-order valence-electron chi connectivity index (χ2n) is 6.03. The van der Waals surface area contributed by atoms with E-state index in [1.54, 1.807) is 7.11 Å². The van der Waals surface area contributed by atoms with Gasteiger partial charge in [0, 0.05) is 5.56 Å². The first-order valence-corrected chi connectivity index (χ1v) is 8.62. The third-order valence-corrected chi connectivity index (χ3v) is 4.39. The zero-order chi connectivity index (χ0) is 17.8. The predicted octanol–water partition coefficient (Wildman–Crippen LogP) is 6.02. The summed E-state index contributed by atoms with van der Waals surface area (Å²) in [5.74, 6) is 0.822. The summed E-state index contributed by atoms with van der Waals surface area (Å²) in [5, 5.41) is 2.30. The van der Waals surface area contributed by atoms with Gasteiger partial charge in [0.15, 0.2) is 0 Å². The Morgan fingerprint density at radius 2 is 1.35 bits per heavy atom. The monoisotopic (exact) mass is 337 g/mol. The molecule has 0 aliphatic heterocycles. The Morgan fingerprint density at radius 1 is 0.692 bits per heavy atom. The van der Waals surface area contributed by atoms with Crippen LogP contribution in [-0.2, 0) is 0 Å². The first-order valence-electron chi connectivity index (χ1n) is 8.62. The van der Waals surface area contributed by atoms with Crippen LogP contribution in [0.4, 0.5) is 5.69 Å². The maximum Gasteiger partial charge on any atom is 0.128 e. The van der Waals surface area contributed by atoms with Crippen molar-refractivity contribution in [1.29, 1.82) is 0 Å². The zero-order valence-corrected chi connectivity index (χ0v) is 14.6. The van der Waals surface area contributed by atoms with E-state index in [2.05, 4.69) is 42.5 Å². The van der Waals surface area contributed by atoms with Gasteiger partial charge in [-0.2, -0.15) is 0 Å². The van der Waals surface area contributed by atoms with Gasteiger partial charge in [0.25, 0.3) is 0 Å². The van der Waals surface area contributed by atoms with E-state index in [1.165, 1.54) is 5.39 Å². The highest BCUT2D eigenvalue weighted by atomic mass is 16.5. The molecule has 0 spiro atoms. The second kappa shape index (κ2) is 7.24. The van der Waals surface area contributed by atoms with Crippen LogP contribution in [0.1, 0.15) is 11.1 Å². The second-order valence-corrected chi connectivity index (χ2v) is 6.03. The van der Waals surface area contributed by atoms with Gasteiger partial charge in [0.1, 0.15) is 5.75 Å². The molecule has 0 saturated heterocycles. The predicted molar refractivity (Wildman–Crippen MR) is 109 cm³/mol. The van der Waals surface area contributed by atoms with Crippen LogP contribution in [0.2, 0.25) is 0 Å². The molecule has 26 heavy (non-hydrogen) atoms. The van der Waals surface area contributed by atoms with Gasteiger partial charge in [-0.3, -0.25) is 0 Å². The Morgan fingerprint density at radius 3 is 2.08 bits per heavy atom. The Labute approximate surface area is 153 Å². The molecule has 0 radical (unpaired) electrons. The molecule has 126 valence electrons. The minimum Gasteiger partial charge on any atom is -0.496 e. The third kappa shape index (κ3) is 3.09. The fourth-order valence-corrected chi connectivity index (χ4v) is 3.16. The highest BCUT2D eigenvalue weighted by Gasteiger charge is 2.16. The van der Waals surface area contributed by atoms with Crippen molar-refractivity contribution in [2.45, 2.75) is 0 Å². The maximum absolute atomic E-state index is 5.71. The Balaban J connectivity index is 2.04. The van der Waals surface area contributed by atoms with Crippen molar-refractivity contribution in [3.05, 3.63) is 108 Å². The van der Waals surface area contributed by atoms with Gasteiger partial charge in [0.2, 0.25) is 0 Å². The van der Waals surface area contributed by atoms with E-state index in [0.29, 0.717) is 0 Å². The fraction of sp³-hybridized carbons (Fsp3) is 0.0417. The Hall–Kier alpha value is -3.39. The number of methoxy groups -OCH3 is 1. The summed E-state index contributed by atoms with van der Waals surface area (Å²) in [6.45, 7) is 0. The number of hydrogen-bond acceptors (Lipinski definition) is 2. The lowest BCUT2D eigenvalue weighted by atomic mass is 9.95. The van der Waals surface area contributed by atoms with Gasteiger partial charge in [0.05, 0.1) is 24.1 Å².